The molecule has 4 aromatic rings. The first-order valence-electron chi connectivity index (χ1n) is 13.2. The van der Waals surface area contributed by atoms with E-state index in [9.17, 15) is 14.0 Å². The van der Waals surface area contributed by atoms with Crippen LogP contribution in [0.4, 0.5) is 15.8 Å². The number of carbonyl (C=O) groups excluding carboxylic acids is 2. The zero-order chi connectivity index (χ0) is 27.0. The van der Waals surface area contributed by atoms with E-state index < -0.39 is 5.82 Å². The van der Waals surface area contributed by atoms with E-state index in [4.69, 9.17) is 0 Å². The molecule has 0 saturated carbocycles. The maximum absolute atomic E-state index is 13.4. The highest BCUT2D eigenvalue weighted by Crippen LogP contribution is 2.30. The van der Waals surface area contributed by atoms with Gasteiger partial charge in [0.2, 0.25) is 0 Å². The molecule has 3 aromatic carbocycles. The van der Waals surface area contributed by atoms with Gasteiger partial charge in [-0.25, -0.2) is 4.39 Å². The molecule has 5 rings (SSSR count). The molecule has 0 aliphatic carbocycles. The summed E-state index contributed by atoms with van der Waals surface area (Å²) in [4.78, 5) is 32.5. The highest BCUT2D eigenvalue weighted by Gasteiger charge is 2.24. The molecule has 2 amide bonds. The van der Waals surface area contributed by atoms with Crippen molar-refractivity contribution in [1.82, 2.24) is 10.3 Å². The van der Waals surface area contributed by atoms with E-state index in [1.165, 1.54) is 29.8 Å². The van der Waals surface area contributed by atoms with Crippen LogP contribution in [0.25, 0.3) is 0 Å². The van der Waals surface area contributed by atoms with Crippen LogP contribution >= 0.6 is 0 Å². The van der Waals surface area contributed by atoms with Crippen LogP contribution in [0.2, 0.25) is 0 Å². The van der Waals surface area contributed by atoms with Gasteiger partial charge in [-0.3, -0.25) is 14.6 Å². The van der Waals surface area contributed by atoms with Crippen LogP contribution in [-0.4, -0.2) is 29.9 Å². The van der Waals surface area contributed by atoms with Crippen LogP contribution in [0.1, 0.15) is 44.7 Å². The third kappa shape index (κ3) is 6.87. The summed E-state index contributed by atoms with van der Waals surface area (Å²) in [5.74, 6) is -0.402. The van der Waals surface area contributed by atoms with Gasteiger partial charge >= 0.3 is 0 Å². The normalized spacial score (nSPS) is 13.6. The number of hydrogen-bond donors (Lipinski definition) is 2. The molecule has 1 saturated heterocycles. The maximum Gasteiger partial charge on any atom is 0.255 e. The third-order valence-corrected chi connectivity index (χ3v) is 7.10. The number of aromatic nitrogens is 1. The number of halogens is 1. The lowest BCUT2D eigenvalue weighted by atomic mass is 9.89. The van der Waals surface area contributed by atoms with E-state index in [2.05, 4.69) is 44.8 Å². The van der Waals surface area contributed by atoms with E-state index in [1.807, 2.05) is 30.3 Å². The van der Waals surface area contributed by atoms with Crippen molar-refractivity contribution < 1.29 is 14.0 Å². The summed E-state index contributed by atoms with van der Waals surface area (Å²) < 4.78 is 13.3. The van der Waals surface area contributed by atoms with Crippen molar-refractivity contribution in [2.24, 2.45) is 5.92 Å². The Balaban J connectivity index is 1.32. The highest BCUT2D eigenvalue weighted by molar-refractivity contribution is 6.06. The lowest BCUT2D eigenvalue weighted by Gasteiger charge is -2.35. The fourth-order valence-corrected chi connectivity index (χ4v) is 4.98. The van der Waals surface area contributed by atoms with E-state index in [0.717, 1.165) is 43.6 Å². The van der Waals surface area contributed by atoms with Gasteiger partial charge in [0.15, 0.2) is 0 Å². The van der Waals surface area contributed by atoms with E-state index >= 15 is 0 Å². The molecule has 1 fully saturated rings. The number of amides is 2. The third-order valence-electron chi connectivity index (χ3n) is 7.10. The average molecular weight is 523 g/mol. The molecule has 0 atom stereocenters. The quantitative estimate of drug-likeness (QED) is 0.304. The minimum atomic E-state index is -0.406. The first-order chi connectivity index (χ1) is 19.0. The maximum atomic E-state index is 13.4. The topological polar surface area (TPSA) is 74.3 Å². The first-order valence-corrected chi connectivity index (χ1v) is 13.2. The molecule has 2 heterocycles. The number of benzene rings is 3. The Morgan fingerprint density at radius 2 is 1.62 bits per heavy atom. The summed E-state index contributed by atoms with van der Waals surface area (Å²) in [7, 11) is 0. The molecule has 1 aromatic heterocycles. The fourth-order valence-electron chi connectivity index (χ4n) is 4.98. The van der Waals surface area contributed by atoms with Gasteiger partial charge in [-0.2, -0.15) is 0 Å². The zero-order valence-corrected chi connectivity index (χ0v) is 21.6. The molecule has 39 heavy (non-hydrogen) atoms. The van der Waals surface area contributed by atoms with Crippen LogP contribution in [0.15, 0.2) is 97.3 Å². The number of hydrogen-bond acceptors (Lipinski definition) is 4. The van der Waals surface area contributed by atoms with Crippen molar-refractivity contribution in [2.45, 2.75) is 25.8 Å². The van der Waals surface area contributed by atoms with Crippen molar-refractivity contribution in [1.29, 1.82) is 0 Å². The van der Waals surface area contributed by atoms with Gasteiger partial charge in [-0.1, -0.05) is 36.4 Å². The lowest BCUT2D eigenvalue weighted by Crippen LogP contribution is -2.36. The molecular weight excluding hydrogens is 491 g/mol. The number of carbonyl (C=O) groups is 2. The fraction of sp³-hybridized carbons (Fsp3) is 0.219. The van der Waals surface area contributed by atoms with Gasteiger partial charge in [-0.15, -0.1) is 0 Å². The number of pyridine rings is 1. The first kappa shape index (κ1) is 26.1. The van der Waals surface area contributed by atoms with Gasteiger partial charge in [0.25, 0.3) is 11.8 Å². The minimum Gasteiger partial charge on any atom is -0.371 e. The summed E-state index contributed by atoms with van der Waals surface area (Å²) in [6, 6.07) is 25.1. The number of piperidine rings is 1. The molecule has 1 aliphatic rings. The second-order valence-corrected chi connectivity index (χ2v) is 9.86. The Kier molecular flexibility index (Phi) is 8.26. The predicted molar refractivity (Wildman–Crippen MR) is 151 cm³/mol. The van der Waals surface area contributed by atoms with Crippen LogP contribution in [0.3, 0.4) is 0 Å². The molecule has 0 radical (unpaired) electrons. The standard InChI is InChI=1S/C32H31FN4O2/c33-27-10-8-26(9-11-27)31(38)36-28-12-13-30(29(20-28)32(39)35-22-25-7-4-16-34-21-25)37-17-14-24(15-18-37)19-23-5-2-1-3-6-23/h1-13,16,20-21,24H,14-15,17-19,22H2,(H,35,39)(H,36,38). The molecule has 0 unspecified atom stereocenters. The highest BCUT2D eigenvalue weighted by atomic mass is 19.1. The Morgan fingerprint density at radius 3 is 2.33 bits per heavy atom. The smallest absolute Gasteiger partial charge is 0.255 e. The molecule has 6 nitrogen and oxygen atoms in total. The molecule has 198 valence electrons. The number of anilines is 2. The van der Waals surface area contributed by atoms with Crippen molar-refractivity contribution in [3.8, 4) is 0 Å². The van der Waals surface area contributed by atoms with Gasteiger partial charge in [-0.05, 0) is 84.8 Å². The minimum absolute atomic E-state index is 0.224. The zero-order valence-electron chi connectivity index (χ0n) is 21.6. The molecule has 1 aliphatic heterocycles. The van der Waals surface area contributed by atoms with Crippen molar-refractivity contribution in [3.05, 3.63) is 125 Å². The summed E-state index contributed by atoms with van der Waals surface area (Å²) in [6.07, 6.45) is 6.54. The second kappa shape index (κ2) is 12.3. The number of rotatable bonds is 8. The summed E-state index contributed by atoms with van der Waals surface area (Å²) in [5.41, 5.74) is 4.43. The summed E-state index contributed by atoms with van der Waals surface area (Å²) in [6.45, 7) is 2.04. The molecule has 7 heteroatoms. The van der Waals surface area contributed by atoms with E-state index in [0.29, 0.717) is 29.3 Å². The monoisotopic (exact) mass is 522 g/mol. The molecule has 2 N–H and O–H groups in total. The van der Waals surface area contributed by atoms with Crippen LogP contribution in [0, 0.1) is 11.7 Å². The van der Waals surface area contributed by atoms with E-state index in [1.54, 1.807) is 18.5 Å². The summed E-state index contributed by atoms with van der Waals surface area (Å²) in [5, 5.41) is 5.84. The van der Waals surface area contributed by atoms with Crippen molar-refractivity contribution in [3.63, 3.8) is 0 Å². The Hall–Kier alpha value is -4.52. The molecule has 0 bridgehead atoms. The van der Waals surface area contributed by atoms with Gasteiger partial charge in [0, 0.05) is 49.0 Å². The average Bonchev–Trinajstić information content (AvgIpc) is 2.98. The predicted octanol–water partition coefficient (Wildman–Crippen LogP) is 5.86. The molecule has 0 spiro atoms. The largest absolute Gasteiger partial charge is 0.371 e. The van der Waals surface area contributed by atoms with Crippen LogP contribution in [0.5, 0.6) is 0 Å². The van der Waals surface area contributed by atoms with Crippen molar-refractivity contribution in [2.75, 3.05) is 23.3 Å². The van der Waals surface area contributed by atoms with E-state index in [-0.39, 0.29) is 11.8 Å². The lowest BCUT2D eigenvalue weighted by molar-refractivity contribution is 0.0950. The van der Waals surface area contributed by atoms with Crippen molar-refractivity contribution >= 4 is 23.2 Å². The number of nitrogens with one attached hydrogen (secondary N) is 2. The molecular formula is C32H31FN4O2. The van der Waals surface area contributed by atoms with Gasteiger partial charge in [0.1, 0.15) is 5.82 Å². The SMILES string of the molecule is O=C(Nc1ccc(N2CCC(Cc3ccccc3)CC2)c(C(=O)NCc2cccnc2)c1)c1ccc(F)cc1. The number of nitrogens with zero attached hydrogens (tertiary/aromatic N) is 2. The Labute approximate surface area is 227 Å². The van der Waals surface area contributed by atoms with Gasteiger partial charge in [0.05, 0.1) is 5.56 Å². The Bertz CT molecular complexity index is 1400. The van der Waals surface area contributed by atoms with Gasteiger partial charge < -0.3 is 15.5 Å². The Morgan fingerprint density at radius 1 is 0.872 bits per heavy atom. The van der Waals surface area contributed by atoms with Crippen LogP contribution < -0.4 is 15.5 Å². The second-order valence-electron chi connectivity index (χ2n) is 9.86. The van der Waals surface area contributed by atoms with Crippen LogP contribution in [-0.2, 0) is 13.0 Å². The summed E-state index contributed by atoms with van der Waals surface area (Å²) >= 11 is 0.